The smallest absolute Gasteiger partial charge is 0.385 e. The van der Waals surface area contributed by atoms with Gasteiger partial charge < -0.3 is 10.1 Å². The first-order valence-electron chi connectivity index (χ1n) is 4.37. The number of alkyl halides is 3. The molecule has 15 heavy (non-hydrogen) atoms. The van der Waals surface area contributed by atoms with Gasteiger partial charge in [0.2, 0.25) is 0 Å². The van der Waals surface area contributed by atoms with E-state index in [4.69, 9.17) is 0 Å². The van der Waals surface area contributed by atoms with Crippen molar-refractivity contribution in [2.24, 2.45) is 5.92 Å². The molecule has 0 radical (unpaired) electrons. The molecule has 0 amide bonds. The minimum Gasteiger partial charge on any atom is -0.385 e. The summed E-state index contributed by atoms with van der Waals surface area (Å²) in [6, 6.07) is -0.814. The molecule has 1 saturated heterocycles. The van der Waals surface area contributed by atoms with E-state index in [9.17, 15) is 22.8 Å². The Bertz CT molecular complexity index is 277. The van der Waals surface area contributed by atoms with Gasteiger partial charge in [0.25, 0.3) is 0 Å². The van der Waals surface area contributed by atoms with Gasteiger partial charge >= 0.3 is 18.1 Å². The average Bonchev–Trinajstić information content (AvgIpc) is 2.50. The number of ether oxygens (including phenoxy) is 1. The first-order valence-corrected chi connectivity index (χ1v) is 4.37. The van der Waals surface area contributed by atoms with Crippen molar-refractivity contribution < 1.29 is 27.5 Å². The predicted molar refractivity (Wildman–Crippen MR) is 42.7 cm³/mol. The molecule has 2 atom stereocenters. The quantitative estimate of drug-likeness (QED) is 0.525. The van der Waals surface area contributed by atoms with Crippen LogP contribution in [0.1, 0.15) is 13.3 Å². The number of hydrogen-bond donors (Lipinski definition) is 1. The number of rotatable bonds is 1. The number of halogens is 3. The zero-order chi connectivity index (χ0) is 11.6. The first kappa shape index (κ1) is 12.0. The monoisotopic (exact) mass is 225 g/mol. The van der Waals surface area contributed by atoms with Gasteiger partial charge in [0.05, 0.1) is 0 Å². The van der Waals surface area contributed by atoms with E-state index in [0.29, 0.717) is 13.0 Å². The van der Waals surface area contributed by atoms with Gasteiger partial charge in [-0.25, -0.2) is 9.59 Å². The molecule has 4 nitrogen and oxygen atoms in total. The number of nitrogens with one attached hydrogen (secondary N) is 1. The molecule has 0 saturated carbocycles. The molecule has 0 bridgehead atoms. The van der Waals surface area contributed by atoms with Crippen LogP contribution < -0.4 is 5.32 Å². The molecule has 0 aromatic heterocycles. The Morgan fingerprint density at radius 2 is 2.00 bits per heavy atom. The minimum absolute atomic E-state index is 0.184. The van der Waals surface area contributed by atoms with E-state index in [1.165, 1.54) is 0 Å². The van der Waals surface area contributed by atoms with Crippen LogP contribution in [0.25, 0.3) is 0 Å². The van der Waals surface area contributed by atoms with Crippen molar-refractivity contribution in [2.45, 2.75) is 25.6 Å². The standard InChI is InChI=1S/C8H10F3NO3/c1-4-2-5(12-3-4)6(13)15-7(14)8(9,10)11/h4-5,12H,2-3H2,1H3/t4-,5-/m0/s1. The van der Waals surface area contributed by atoms with Crippen LogP contribution in [0.5, 0.6) is 0 Å². The van der Waals surface area contributed by atoms with Gasteiger partial charge in [0.15, 0.2) is 0 Å². The third-order valence-corrected chi connectivity index (χ3v) is 2.06. The van der Waals surface area contributed by atoms with Crippen molar-refractivity contribution in [3.63, 3.8) is 0 Å². The van der Waals surface area contributed by atoms with Gasteiger partial charge in [0.1, 0.15) is 6.04 Å². The number of carbonyl (C=O) groups excluding carboxylic acids is 2. The molecule has 1 heterocycles. The molecule has 7 heteroatoms. The van der Waals surface area contributed by atoms with Gasteiger partial charge in [-0.15, -0.1) is 0 Å². The van der Waals surface area contributed by atoms with Crippen LogP contribution in [0.15, 0.2) is 0 Å². The summed E-state index contributed by atoms with van der Waals surface area (Å²) in [7, 11) is 0. The van der Waals surface area contributed by atoms with Crippen molar-refractivity contribution in [3.8, 4) is 0 Å². The fourth-order valence-electron chi connectivity index (χ4n) is 1.31. The van der Waals surface area contributed by atoms with Crippen molar-refractivity contribution in [1.82, 2.24) is 5.32 Å². The summed E-state index contributed by atoms with van der Waals surface area (Å²) in [5.41, 5.74) is 0. The topological polar surface area (TPSA) is 55.4 Å². The fourth-order valence-corrected chi connectivity index (χ4v) is 1.31. The van der Waals surface area contributed by atoms with Gasteiger partial charge in [-0.3, -0.25) is 0 Å². The van der Waals surface area contributed by atoms with E-state index in [1.807, 2.05) is 6.92 Å². The molecular formula is C8H10F3NO3. The summed E-state index contributed by atoms with van der Waals surface area (Å²) in [4.78, 5) is 21.4. The number of carbonyl (C=O) groups is 2. The summed E-state index contributed by atoms with van der Waals surface area (Å²) in [5, 5.41) is 2.67. The van der Waals surface area contributed by atoms with E-state index >= 15 is 0 Å². The molecule has 1 N–H and O–H groups in total. The Morgan fingerprint density at radius 3 is 2.40 bits per heavy atom. The highest BCUT2D eigenvalue weighted by molar-refractivity contribution is 5.91. The maximum absolute atomic E-state index is 11.7. The van der Waals surface area contributed by atoms with E-state index in [1.54, 1.807) is 0 Å². The normalized spacial score (nSPS) is 26.4. The maximum atomic E-state index is 11.7. The zero-order valence-electron chi connectivity index (χ0n) is 7.93. The maximum Gasteiger partial charge on any atom is 0.491 e. The first-order chi connectivity index (χ1) is 6.80. The van der Waals surface area contributed by atoms with Gasteiger partial charge in [-0.05, 0) is 18.9 Å². The SMILES string of the molecule is C[C@@H]1CN[C@H](C(=O)OC(=O)C(F)(F)F)C1. The summed E-state index contributed by atoms with van der Waals surface area (Å²) in [6.45, 7) is 2.37. The minimum atomic E-state index is -5.13. The number of esters is 2. The molecule has 0 spiro atoms. The van der Waals surface area contributed by atoms with Gasteiger partial charge in [0, 0.05) is 0 Å². The van der Waals surface area contributed by atoms with Crippen LogP contribution in [0.2, 0.25) is 0 Å². The zero-order valence-corrected chi connectivity index (χ0v) is 7.93. The Morgan fingerprint density at radius 1 is 1.40 bits per heavy atom. The second kappa shape index (κ2) is 4.18. The van der Waals surface area contributed by atoms with E-state index < -0.39 is 24.2 Å². The van der Waals surface area contributed by atoms with Crippen molar-refractivity contribution in [3.05, 3.63) is 0 Å². The third-order valence-electron chi connectivity index (χ3n) is 2.06. The summed E-state index contributed by atoms with van der Waals surface area (Å²) in [5.74, 6) is -3.45. The summed E-state index contributed by atoms with van der Waals surface area (Å²) < 4.78 is 38.9. The fraction of sp³-hybridized carbons (Fsp3) is 0.750. The predicted octanol–water partition coefficient (Wildman–Crippen LogP) is 0.616. The van der Waals surface area contributed by atoms with Crippen LogP contribution in [-0.2, 0) is 14.3 Å². The number of hydrogen-bond acceptors (Lipinski definition) is 4. The summed E-state index contributed by atoms with van der Waals surface area (Å²) in [6.07, 6.45) is -4.75. The third kappa shape index (κ3) is 3.19. The lowest BCUT2D eigenvalue weighted by atomic mass is 10.1. The summed E-state index contributed by atoms with van der Waals surface area (Å²) >= 11 is 0. The second-order valence-corrected chi connectivity index (χ2v) is 3.51. The lowest BCUT2D eigenvalue weighted by Gasteiger charge is -2.09. The molecule has 1 fully saturated rings. The largest absolute Gasteiger partial charge is 0.491 e. The van der Waals surface area contributed by atoms with E-state index in [2.05, 4.69) is 10.1 Å². The van der Waals surface area contributed by atoms with Crippen LogP contribution in [-0.4, -0.2) is 30.7 Å². The van der Waals surface area contributed by atoms with Crippen LogP contribution in [0.3, 0.4) is 0 Å². The van der Waals surface area contributed by atoms with E-state index in [0.717, 1.165) is 0 Å². The lowest BCUT2D eigenvalue weighted by Crippen LogP contribution is -2.37. The highest BCUT2D eigenvalue weighted by atomic mass is 19.4. The average molecular weight is 225 g/mol. The molecule has 1 aliphatic rings. The lowest BCUT2D eigenvalue weighted by molar-refractivity contribution is -0.202. The molecular weight excluding hydrogens is 215 g/mol. The molecule has 0 unspecified atom stereocenters. The highest BCUT2D eigenvalue weighted by Crippen LogP contribution is 2.19. The van der Waals surface area contributed by atoms with Crippen molar-refractivity contribution in [1.29, 1.82) is 0 Å². The van der Waals surface area contributed by atoms with Crippen LogP contribution in [0, 0.1) is 5.92 Å². The van der Waals surface area contributed by atoms with E-state index in [-0.39, 0.29) is 5.92 Å². The van der Waals surface area contributed by atoms with Gasteiger partial charge in [-0.2, -0.15) is 13.2 Å². The molecule has 0 aliphatic carbocycles. The Labute approximate surface area is 83.8 Å². The van der Waals surface area contributed by atoms with Gasteiger partial charge in [-0.1, -0.05) is 6.92 Å². The van der Waals surface area contributed by atoms with Crippen molar-refractivity contribution >= 4 is 11.9 Å². The Balaban J connectivity index is 2.46. The van der Waals surface area contributed by atoms with Crippen molar-refractivity contribution in [2.75, 3.05) is 6.54 Å². The molecule has 0 aromatic carbocycles. The second-order valence-electron chi connectivity index (χ2n) is 3.51. The van der Waals surface area contributed by atoms with Crippen LogP contribution >= 0.6 is 0 Å². The molecule has 1 rings (SSSR count). The highest BCUT2D eigenvalue weighted by Gasteiger charge is 2.43. The molecule has 86 valence electrons. The molecule has 0 aromatic rings. The Hall–Kier alpha value is -1.11. The molecule has 1 aliphatic heterocycles. The Kier molecular flexibility index (Phi) is 3.33. The van der Waals surface area contributed by atoms with Crippen LogP contribution in [0.4, 0.5) is 13.2 Å².